The summed E-state index contributed by atoms with van der Waals surface area (Å²) in [5.74, 6) is 0.756. The van der Waals surface area contributed by atoms with Crippen LogP contribution in [0, 0.1) is 5.92 Å². The number of aromatic nitrogens is 3. The first kappa shape index (κ1) is 18.8. The summed E-state index contributed by atoms with van der Waals surface area (Å²) < 4.78 is 5.25. The molecule has 29 heavy (non-hydrogen) atoms. The van der Waals surface area contributed by atoms with Crippen LogP contribution in [-0.2, 0) is 16.0 Å². The summed E-state index contributed by atoms with van der Waals surface area (Å²) in [4.78, 5) is 32.6. The Bertz CT molecular complexity index is 997. The Labute approximate surface area is 167 Å². The summed E-state index contributed by atoms with van der Waals surface area (Å²) >= 11 is 0. The van der Waals surface area contributed by atoms with E-state index in [0.29, 0.717) is 17.4 Å². The maximum atomic E-state index is 12.4. The molecule has 2 heterocycles. The van der Waals surface area contributed by atoms with Crippen molar-refractivity contribution in [2.75, 3.05) is 5.32 Å². The Morgan fingerprint density at radius 3 is 2.66 bits per heavy atom. The molecular weight excluding hydrogens is 370 g/mol. The molecule has 0 radical (unpaired) electrons. The van der Waals surface area contributed by atoms with Gasteiger partial charge in [-0.1, -0.05) is 23.4 Å². The summed E-state index contributed by atoms with van der Waals surface area (Å²) in [5.41, 5.74) is 2.20. The molecule has 0 saturated heterocycles. The number of carbonyl (C=O) groups excluding carboxylic acids is 2. The van der Waals surface area contributed by atoms with E-state index in [1.807, 2.05) is 30.3 Å². The predicted octanol–water partition coefficient (Wildman–Crippen LogP) is 2.90. The van der Waals surface area contributed by atoms with E-state index in [9.17, 15) is 9.59 Å². The summed E-state index contributed by atoms with van der Waals surface area (Å²) in [6.07, 6.45) is 3.79. The number of pyridine rings is 1. The Balaban J connectivity index is 1.31. The van der Waals surface area contributed by atoms with E-state index < -0.39 is 6.04 Å². The maximum Gasteiger partial charge on any atom is 0.249 e. The first-order valence-corrected chi connectivity index (χ1v) is 9.52. The highest BCUT2D eigenvalue weighted by Gasteiger charge is 2.29. The van der Waals surface area contributed by atoms with Crippen LogP contribution in [0.5, 0.6) is 0 Å². The number of benzene rings is 1. The minimum atomic E-state index is -0.426. The molecule has 8 nitrogen and oxygen atoms in total. The van der Waals surface area contributed by atoms with Crippen molar-refractivity contribution in [2.24, 2.45) is 5.92 Å². The highest BCUT2D eigenvalue weighted by atomic mass is 16.5. The van der Waals surface area contributed by atoms with E-state index in [1.54, 1.807) is 25.3 Å². The number of hydrogen-bond acceptors (Lipinski definition) is 6. The SMILES string of the molecule is C[C@@H](NC(=O)Cc1ccc(NC(=O)C2CC2)cc1)c1nc(-c2ccccn2)no1. The van der Waals surface area contributed by atoms with Gasteiger partial charge in [-0.25, -0.2) is 0 Å². The molecule has 0 bridgehead atoms. The Hall–Kier alpha value is -3.55. The zero-order chi connectivity index (χ0) is 20.2. The highest BCUT2D eigenvalue weighted by Crippen LogP contribution is 2.30. The van der Waals surface area contributed by atoms with Crippen LogP contribution in [-0.4, -0.2) is 26.9 Å². The lowest BCUT2D eigenvalue weighted by Gasteiger charge is -2.10. The number of rotatable bonds is 7. The molecule has 1 atom stereocenters. The van der Waals surface area contributed by atoms with Crippen molar-refractivity contribution in [2.45, 2.75) is 32.2 Å². The van der Waals surface area contributed by atoms with Gasteiger partial charge in [-0.15, -0.1) is 0 Å². The molecule has 0 spiro atoms. The van der Waals surface area contributed by atoms with Crippen LogP contribution >= 0.6 is 0 Å². The monoisotopic (exact) mass is 391 g/mol. The molecule has 3 aromatic rings. The van der Waals surface area contributed by atoms with Gasteiger partial charge < -0.3 is 15.2 Å². The molecule has 8 heteroatoms. The van der Waals surface area contributed by atoms with Gasteiger partial charge in [0.15, 0.2) is 0 Å². The molecule has 0 unspecified atom stereocenters. The maximum absolute atomic E-state index is 12.4. The number of hydrogen-bond donors (Lipinski definition) is 2. The third-order valence-corrected chi connectivity index (χ3v) is 4.62. The molecule has 148 valence electrons. The lowest BCUT2D eigenvalue weighted by Crippen LogP contribution is -2.28. The molecular formula is C21H21N5O3. The van der Waals surface area contributed by atoms with Crippen molar-refractivity contribution in [3.8, 4) is 11.5 Å². The third-order valence-electron chi connectivity index (χ3n) is 4.62. The predicted molar refractivity (Wildman–Crippen MR) is 106 cm³/mol. The van der Waals surface area contributed by atoms with Gasteiger partial charge in [-0.3, -0.25) is 14.6 Å². The highest BCUT2D eigenvalue weighted by molar-refractivity contribution is 5.94. The van der Waals surface area contributed by atoms with Crippen LogP contribution in [0.2, 0.25) is 0 Å². The molecule has 4 rings (SSSR count). The van der Waals surface area contributed by atoms with Gasteiger partial charge in [0, 0.05) is 17.8 Å². The van der Waals surface area contributed by atoms with Gasteiger partial charge in [-0.05, 0) is 49.6 Å². The van der Waals surface area contributed by atoms with Crippen LogP contribution in [0.3, 0.4) is 0 Å². The van der Waals surface area contributed by atoms with Crippen LogP contribution in [0.1, 0.15) is 37.3 Å². The lowest BCUT2D eigenvalue weighted by molar-refractivity contribution is -0.121. The summed E-state index contributed by atoms with van der Waals surface area (Å²) in [6, 6.07) is 12.3. The molecule has 2 aromatic heterocycles. The molecule has 2 amide bonds. The quantitative estimate of drug-likeness (QED) is 0.641. The van der Waals surface area contributed by atoms with Gasteiger partial charge in [0.1, 0.15) is 11.7 Å². The van der Waals surface area contributed by atoms with Crippen molar-refractivity contribution in [3.05, 3.63) is 60.1 Å². The van der Waals surface area contributed by atoms with Crippen LogP contribution in [0.4, 0.5) is 5.69 Å². The van der Waals surface area contributed by atoms with Gasteiger partial charge >= 0.3 is 0 Å². The normalized spacial score (nSPS) is 14.2. The van der Waals surface area contributed by atoms with E-state index in [2.05, 4.69) is 25.8 Å². The molecule has 0 aliphatic heterocycles. The standard InChI is InChI=1S/C21H21N5O3/c1-13(21-25-19(26-29-21)17-4-2-3-11-22-17)23-18(27)12-14-5-9-16(10-6-14)24-20(28)15-7-8-15/h2-6,9-11,13,15H,7-8,12H2,1H3,(H,23,27)(H,24,28)/t13-/m1/s1. The zero-order valence-corrected chi connectivity index (χ0v) is 16.0. The number of carbonyl (C=O) groups is 2. The largest absolute Gasteiger partial charge is 0.344 e. The average Bonchev–Trinajstić information content (AvgIpc) is 3.46. The van der Waals surface area contributed by atoms with Gasteiger partial charge in [0.2, 0.25) is 23.5 Å². The fourth-order valence-corrected chi connectivity index (χ4v) is 2.85. The van der Waals surface area contributed by atoms with E-state index in [1.165, 1.54) is 0 Å². The molecule has 1 aromatic carbocycles. The van der Waals surface area contributed by atoms with Crippen molar-refractivity contribution in [1.82, 2.24) is 20.4 Å². The number of nitrogens with zero attached hydrogens (tertiary/aromatic N) is 3. The van der Waals surface area contributed by atoms with Gasteiger partial charge in [0.25, 0.3) is 0 Å². The summed E-state index contributed by atoms with van der Waals surface area (Å²) in [5, 5.41) is 9.65. The van der Waals surface area contributed by atoms with E-state index in [4.69, 9.17) is 4.52 Å². The molecule has 2 N–H and O–H groups in total. The van der Waals surface area contributed by atoms with Crippen molar-refractivity contribution < 1.29 is 14.1 Å². The molecule has 1 saturated carbocycles. The van der Waals surface area contributed by atoms with Crippen LogP contribution in [0.15, 0.2) is 53.2 Å². The smallest absolute Gasteiger partial charge is 0.249 e. The molecule has 1 fully saturated rings. The van der Waals surface area contributed by atoms with Crippen molar-refractivity contribution in [1.29, 1.82) is 0 Å². The second-order valence-electron chi connectivity index (χ2n) is 7.10. The summed E-state index contributed by atoms with van der Waals surface area (Å²) in [7, 11) is 0. The fourth-order valence-electron chi connectivity index (χ4n) is 2.85. The van der Waals surface area contributed by atoms with E-state index >= 15 is 0 Å². The van der Waals surface area contributed by atoms with Crippen molar-refractivity contribution in [3.63, 3.8) is 0 Å². The Kier molecular flexibility index (Phi) is 5.33. The first-order chi connectivity index (χ1) is 14.1. The Morgan fingerprint density at radius 2 is 1.97 bits per heavy atom. The third kappa shape index (κ3) is 4.84. The second kappa shape index (κ2) is 8.22. The van der Waals surface area contributed by atoms with E-state index in [0.717, 1.165) is 24.1 Å². The zero-order valence-electron chi connectivity index (χ0n) is 16.0. The minimum absolute atomic E-state index is 0.0638. The minimum Gasteiger partial charge on any atom is -0.344 e. The number of nitrogens with one attached hydrogen (secondary N) is 2. The number of amides is 2. The second-order valence-corrected chi connectivity index (χ2v) is 7.10. The average molecular weight is 391 g/mol. The molecule has 1 aliphatic rings. The summed E-state index contributed by atoms with van der Waals surface area (Å²) in [6.45, 7) is 1.78. The van der Waals surface area contributed by atoms with Crippen molar-refractivity contribution >= 4 is 17.5 Å². The Morgan fingerprint density at radius 1 is 1.17 bits per heavy atom. The lowest BCUT2D eigenvalue weighted by atomic mass is 10.1. The topological polar surface area (TPSA) is 110 Å². The molecule has 1 aliphatic carbocycles. The van der Waals surface area contributed by atoms with Gasteiger partial charge in [-0.2, -0.15) is 4.98 Å². The number of anilines is 1. The van der Waals surface area contributed by atoms with Gasteiger partial charge in [0.05, 0.1) is 6.42 Å². The van der Waals surface area contributed by atoms with Crippen LogP contribution < -0.4 is 10.6 Å². The van der Waals surface area contributed by atoms with E-state index in [-0.39, 0.29) is 24.2 Å². The fraction of sp³-hybridized carbons (Fsp3) is 0.286. The van der Waals surface area contributed by atoms with Crippen LogP contribution in [0.25, 0.3) is 11.5 Å². The first-order valence-electron chi connectivity index (χ1n) is 9.52.